The van der Waals surface area contributed by atoms with Gasteiger partial charge in [-0.05, 0) is 18.2 Å². The van der Waals surface area contributed by atoms with E-state index in [0.29, 0.717) is 17.0 Å². The highest BCUT2D eigenvalue weighted by atomic mass is 19.1. The summed E-state index contributed by atoms with van der Waals surface area (Å²) in [4.78, 5) is 7.64. The first kappa shape index (κ1) is 15.3. The Labute approximate surface area is 127 Å². The number of halogens is 1. The minimum Gasteiger partial charge on any atom is -0.489 e. The van der Waals surface area contributed by atoms with Crippen molar-refractivity contribution in [3.05, 3.63) is 59.9 Å². The van der Waals surface area contributed by atoms with Crippen molar-refractivity contribution in [3.8, 4) is 5.75 Å². The fraction of sp³-hybridized carbons (Fsp3) is 0.0667. The molecule has 2 aromatic rings. The second kappa shape index (κ2) is 7.07. The van der Waals surface area contributed by atoms with E-state index in [9.17, 15) is 4.39 Å². The third kappa shape index (κ3) is 4.48. The molecule has 0 heterocycles. The van der Waals surface area contributed by atoms with Crippen molar-refractivity contribution < 1.29 is 9.13 Å². The van der Waals surface area contributed by atoms with Crippen molar-refractivity contribution >= 4 is 17.6 Å². The lowest BCUT2D eigenvalue weighted by atomic mass is 10.2. The minimum absolute atomic E-state index is 0.0637. The van der Waals surface area contributed by atoms with Gasteiger partial charge in [-0.25, -0.2) is 9.38 Å². The Morgan fingerprint density at radius 3 is 2.55 bits per heavy atom. The Bertz CT molecular complexity index is 711. The first-order chi connectivity index (χ1) is 10.5. The van der Waals surface area contributed by atoms with Crippen molar-refractivity contribution in [1.29, 1.82) is 0 Å². The average Bonchev–Trinajstić information content (AvgIpc) is 2.46. The fourth-order valence-electron chi connectivity index (χ4n) is 1.71. The molecule has 0 spiro atoms. The molecule has 0 radical (unpaired) electrons. The van der Waals surface area contributed by atoms with E-state index in [2.05, 4.69) is 9.98 Å². The van der Waals surface area contributed by atoms with Crippen LogP contribution in [0, 0.1) is 5.82 Å². The number of rotatable bonds is 4. The Hall–Kier alpha value is -3.09. The number of ether oxygens (including phenoxy) is 1. The van der Waals surface area contributed by atoms with Gasteiger partial charge < -0.3 is 21.9 Å². The molecular formula is C15H16FN5O. The SMILES string of the molecule is NC(N)=NC(N)=Nc1cccc(OCc2ccccc2F)c1. The molecule has 0 unspecified atom stereocenters. The van der Waals surface area contributed by atoms with E-state index in [4.69, 9.17) is 21.9 Å². The van der Waals surface area contributed by atoms with Gasteiger partial charge in [0.2, 0.25) is 5.96 Å². The summed E-state index contributed by atoms with van der Waals surface area (Å²) in [6, 6.07) is 13.2. The molecule has 2 rings (SSSR count). The first-order valence-corrected chi connectivity index (χ1v) is 6.44. The molecule has 7 heteroatoms. The van der Waals surface area contributed by atoms with Crippen molar-refractivity contribution in [2.45, 2.75) is 6.61 Å². The predicted octanol–water partition coefficient (Wildman–Crippen LogP) is 1.62. The summed E-state index contributed by atoms with van der Waals surface area (Å²) in [6.45, 7) is 0.114. The maximum atomic E-state index is 13.5. The van der Waals surface area contributed by atoms with E-state index in [1.54, 1.807) is 42.5 Å². The Morgan fingerprint density at radius 2 is 1.82 bits per heavy atom. The smallest absolute Gasteiger partial charge is 0.223 e. The molecule has 0 bridgehead atoms. The highest BCUT2D eigenvalue weighted by molar-refractivity contribution is 5.93. The van der Waals surface area contributed by atoms with Gasteiger partial charge in [-0.1, -0.05) is 24.3 Å². The molecule has 114 valence electrons. The number of guanidine groups is 2. The van der Waals surface area contributed by atoms with Crippen molar-refractivity contribution in [2.75, 3.05) is 0 Å². The zero-order valence-corrected chi connectivity index (χ0v) is 11.7. The van der Waals surface area contributed by atoms with Gasteiger partial charge >= 0.3 is 0 Å². The highest BCUT2D eigenvalue weighted by Gasteiger charge is 2.02. The van der Waals surface area contributed by atoms with Crippen LogP contribution in [0.2, 0.25) is 0 Å². The van der Waals surface area contributed by atoms with Gasteiger partial charge in [0.25, 0.3) is 0 Å². The molecule has 0 amide bonds. The Morgan fingerprint density at radius 1 is 1.05 bits per heavy atom. The van der Waals surface area contributed by atoms with Gasteiger partial charge in [0.15, 0.2) is 5.96 Å². The van der Waals surface area contributed by atoms with E-state index >= 15 is 0 Å². The first-order valence-electron chi connectivity index (χ1n) is 6.44. The van der Waals surface area contributed by atoms with Crippen LogP contribution in [-0.4, -0.2) is 11.9 Å². The van der Waals surface area contributed by atoms with E-state index in [0.717, 1.165) is 0 Å². The normalized spacial score (nSPS) is 11.0. The van der Waals surface area contributed by atoms with Crippen molar-refractivity contribution in [1.82, 2.24) is 0 Å². The summed E-state index contributed by atoms with van der Waals surface area (Å²) in [6.07, 6.45) is 0. The van der Waals surface area contributed by atoms with Crippen LogP contribution < -0.4 is 21.9 Å². The molecule has 6 N–H and O–H groups in total. The number of nitrogens with zero attached hydrogens (tertiary/aromatic N) is 2. The van der Waals surface area contributed by atoms with Gasteiger partial charge in [0, 0.05) is 11.6 Å². The lowest BCUT2D eigenvalue weighted by Gasteiger charge is -2.07. The molecule has 0 atom stereocenters. The van der Waals surface area contributed by atoms with Gasteiger partial charge in [-0.3, -0.25) is 0 Å². The number of aliphatic imine (C=N–C) groups is 2. The minimum atomic E-state index is -0.311. The molecule has 22 heavy (non-hydrogen) atoms. The lowest BCUT2D eigenvalue weighted by molar-refractivity contribution is 0.300. The van der Waals surface area contributed by atoms with Crippen LogP contribution in [-0.2, 0) is 6.61 Å². The summed E-state index contributed by atoms with van der Waals surface area (Å²) in [7, 11) is 0. The van der Waals surface area contributed by atoms with E-state index in [-0.39, 0.29) is 24.3 Å². The average molecular weight is 301 g/mol. The van der Waals surface area contributed by atoms with Crippen LogP contribution in [0.15, 0.2) is 58.5 Å². The van der Waals surface area contributed by atoms with Gasteiger partial charge in [-0.15, -0.1) is 0 Å². The molecular weight excluding hydrogens is 285 g/mol. The standard InChI is InChI=1S/C15H16FN5O/c16-13-7-2-1-4-10(13)9-22-12-6-3-5-11(8-12)20-15(19)21-14(17)18/h1-8H,9H2,(H6,17,18,19,20,21). The van der Waals surface area contributed by atoms with Crippen molar-refractivity contribution in [2.24, 2.45) is 27.2 Å². The molecule has 0 aliphatic carbocycles. The Kier molecular flexibility index (Phi) is 4.92. The monoisotopic (exact) mass is 301 g/mol. The summed E-state index contributed by atoms with van der Waals surface area (Å²) in [5.74, 6) is -0.0184. The quantitative estimate of drug-likeness (QED) is 0.588. The molecule has 6 nitrogen and oxygen atoms in total. The number of hydrogen-bond acceptors (Lipinski definition) is 2. The van der Waals surface area contributed by atoms with Crippen LogP contribution in [0.25, 0.3) is 0 Å². The number of nitrogens with two attached hydrogens (primary N) is 3. The largest absolute Gasteiger partial charge is 0.489 e. The molecule has 0 aromatic heterocycles. The molecule has 0 saturated heterocycles. The van der Waals surface area contributed by atoms with E-state index < -0.39 is 0 Å². The van der Waals surface area contributed by atoms with E-state index in [1.165, 1.54) is 6.07 Å². The topological polar surface area (TPSA) is 112 Å². The summed E-state index contributed by atoms with van der Waals surface area (Å²) in [5, 5.41) is 0. The predicted molar refractivity (Wildman–Crippen MR) is 84.3 cm³/mol. The number of hydrogen-bond donors (Lipinski definition) is 3. The van der Waals surface area contributed by atoms with Gasteiger partial charge in [0.1, 0.15) is 18.2 Å². The third-order valence-electron chi connectivity index (χ3n) is 2.66. The summed E-state index contributed by atoms with van der Waals surface area (Å²) < 4.78 is 19.0. The maximum Gasteiger partial charge on any atom is 0.223 e. The zero-order valence-electron chi connectivity index (χ0n) is 11.7. The molecule has 0 fully saturated rings. The summed E-state index contributed by atoms with van der Waals surface area (Å²) in [5.41, 5.74) is 17.0. The second-order valence-corrected chi connectivity index (χ2v) is 4.38. The Balaban J connectivity index is 2.09. The summed E-state index contributed by atoms with van der Waals surface area (Å²) >= 11 is 0. The maximum absolute atomic E-state index is 13.5. The lowest BCUT2D eigenvalue weighted by Crippen LogP contribution is -2.26. The van der Waals surface area contributed by atoms with Crippen LogP contribution >= 0.6 is 0 Å². The number of benzene rings is 2. The van der Waals surface area contributed by atoms with Gasteiger partial charge in [-0.2, -0.15) is 4.99 Å². The van der Waals surface area contributed by atoms with Crippen molar-refractivity contribution in [3.63, 3.8) is 0 Å². The van der Waals surface area contributed by atoms with Crippen LogP contribution in [0.3, 0.4) is 0 Å². The van der Waals surface area contributed by atoms with Gasteiger partial charge in [0.05, 0.1) is 5.69 Å². The second-order valence-electron chi connectivity index (χ2n) is 4.38. The molecule has 2 aromatic carbocycles. The van der Waals surface area contributed by atoms with E-state index in [1.807, 2.05) is 0 Å². The van der Waals surface area contributed by atoms with Crippen LogP contribution in [0.1, 0.15) is 5.56 Å². The third-order valence-corrected chi connectivity index (χ3v) is 2.66. The molecule has 0 aliphatic heterocycles. The zero-order chi connectivity index (χ0) is 15.9. The molecule has 0 saturated carbocycles. The molecule has 0 aliphatic rings. The van der Waals surface area contributed by atoms with Crippen LogP contribution in [0.4, 0.5) is 10.1 Å². The fourth-order valence-corrected chi connectivity index (χ4v) is 1.71. The highest BCUT2D eigenvalue weighted by Crippen LogP contribution is 2.21. The van der Waals surface area contributed by atoms with Crippen LogP contribution in [0.5, 0.6) is 5.75 Å².